The Morgan fingerprint density at radius 1 is 1.38 bits per heavy atom. The number of nitrogens with one attached hydrogen (secondary N) is 2. The topological polar surface area (TPSA) is 67.4 Å². The van der Waals surface area contributed by atoms with Crippen LogP contribution in [0.1, 0.15) is 24.0 Å². The summed E-state index contributed by atoms with van der Waals surface area (Å²) < 4.78 is 33.3. The van der Waals surface area contributed by atoms with Crippen molar-refractivity contribution in [1.82, 2.24) is 10.0 Å². The summed E-state index contributed by atoms with van der Waals surface area (Å²) in [6, 6.07) is 5.53. The van der Waals surface area contributed by atoms with E-state index < -0.39 is 10.0 Å². The summed E-state index contributed by atoms with van der Waals surface area (Å²) in [5, 5.41) is 3.27. The molecule has 2 aliphatic heterocycles. The SMILES string of the molecule is O=S(=O)(NCC1CCCOC1)c1cccc2c1CCNC2. The molecule has 1 saturated heterocycles. The van der Waals surface area contributed by atoms with Gasteiger partial charge in [-0.3, -0.25) is 0 Å². The van der Waals surface area contributed by atoms with E-state index in [1.165, 1.54) is 0 Å². The summed E-state index contributed by atoms with van der Waals surface area (Å²) in [6.07, 6.45) is 2.80. The summed E-state index contributed by atoms with van der Waals surface area (Å²) in [5.41, 5.74) is 2.05. The predicted octanol–water partition coefficient (Wildman–Crippen LogP) is 1.04. The minimum atomic E-state index is -3.43. The van der Waals surface area contributed by atoms with E-state index in [1.807, 2.05) is 12.1 Å². The minimum Gasteiger partial charge on any atom is -0.381 e. The van der Waals surface area contributed by atoms with Crippen LogP contribution in [0.2, 0.25) is 0 Å². The van der Waals surface area contributed by atoms with Gasteiger partial charge in [0, 0.05) is 19.7 Å². The first kappa shape index (κ1) is 15.0. The largest absolute Gasteiger partial charge is 0.381 e. The zero-order chi connectivity index (χ0) is 14.7. The zero-order valence-corrected chi connectivity index (χ0v) is 12.9. The van der Waals surface area contributed by atoms with Gasteiger partial charge < -0.3 is 10.1 Å². The highest BCUT2D eigenvalue weighted by Gasteiger charge is 2.23. The molecule has 5 nitrogen and oxygen atoms in total. The number of rotatable bonds is 4. The first-order valence-electron chi connectivity index (χ1n) is 7.56. The van der Waals surface area contributed by atoms with Gasteiger partial charge in [-0.15, -0.1) is 0 Å². The quantitative estimate of drug-likeness (QED) is 0.872. The van der Waals surface area contributed by atoms with Gasteiger partial charge in [0.1, 0.15) is 0 Å². The lowest BCUT2D eigenvalue weighted by Crippen LogP contribution is -2.34. The van der Waals surface area contributed by atoms with Crippen molar-refractivity contribution in [3.8, 4) is 0 Å². The zero-order valence-electron chi connectivity index (χ0n) is 12.1. The molecule has 1 fully saturated rings. The lowest BCUT2D eigenvalue weighted by Gasteiger charge is -2.23. The smallest absolute Gasteiger partial charge is 0.240 e. The van der Waals surface area contributed by atoms with Crippen molar-refractivity contribution in [3.63, 3.8) is 0 Å². The van der Waals surface area contributed by atoms with Crippen LogP contribution in [0.25, 0.3) is 0 Å². The van der Waals surface area contributed by atoms with Crippen molar-refractivity contribution in [3.05, 3.63) is 29.3 Å². The molecule has 21 heavy (non-hydrogen) atoms. The summed E-state index contributed by atoms with van der Waals surface area (Å²) in [4.78, 5) is 0.443. The predicted molar refractivity (Wildman–Crippen MR) is 80.6 cm³/mol. The van der Waals surface area contributed by atoms with E-state index in [1.54, 1.807) is 6.07 Å². The molecule has 0 aliphatic carbocycles. The van der Waals surface area contributed by atoms with Gasteiger partial charge in [0.2, 0.25) is 10.0 Å². The molecule has 0 amide bonds. The number of fused-ring (bicyclic) bond motifs is 1. The fourth-order valence-electron chi connectivity index (χ4n) is 3.02. The summed E-state index contributed by atoms with van der Waals surface area (Å²) in [7, 11) is -3.43. The van der Waals surface area contributed by atoms with E-state index in [4.69, 9.17) is 4.74 Å². The average Bonchev–Trinajstić information content (AvgIpc) is 2.53. The third kappa shape index (κ3) is 3.45. The van der Waals surface area contributed by atoms with Gasteiger partial charge >= 0.3 is 0 Å². The van der Waals surface area contributed by atoms with Gasteiger partial charge in [-0.05, 0) is 48.9 Å². The number of sulfonamides is 1. The Hall–Kier alpha value is -0.950. The second-order valence-corrected chi connectivity index (χ2v) is 7.49. The monoisotopic (exact) mass is 310 g/mol. The highest BCUT2D eigenvalue weighted by Crippen LogP contribution is 2.23. The Labute approximate surface area is 126 Å². The third-order valence-electron chi connectivity index (χ3n) is 4.20. The van der Waals surface area contributed by atoms with Crippen molar-refractivity contribution >= 4 is 10.0 Å². The standard InChI is InChI=1S/C15H22N2O3S/c18-21(19,17-9-12-3-2-8-20-11-12)15-5-1-4-13-10-16-7-6-14(13)15/h1,4-5,12,16-17H,2-3,6-11H2. The molecule has 0 bridgehead atoms. The van der Waals surface area contributed by atoms with E-state index in [0.717, 1.165) is 50.1 Å². The first-order valence-corrected chi connectivity index (χ1v) is 9.04. The van der Waals surface area contributed by atoms with Gasteiger partial charge in [0.15, 0.2) is 0 Å². The molecule has 0 radical (unpaired) electrons. The summed E-state index contributed by atoms with van der Waals surface area (Å²) >= 11 is 0. The fraction of sp³-hybridized carbons (Fsp3) is 0.600. The van der Waals surface area contributed by atoms with Gasteiger partial charge in [0.25, 0.3) is 0 Å². The van der Waals surface area contributed by atoms with Crippen LogP contribution in [0.5, 0.6) is 0 Å². The maximum Gasteiger partial charge on any atom is 0.240 e. The number of hydrogen-bond donors (Lipinski definition) is 2. The van der Waals surface area contributed by atoms with Gasteiger partial charge in [-0.2, -0.15) is 0 Å². The van der Waals surface area contributed by atoms with E-state index in [2.05, 4.69) is 10.0 Å². The Kier molecular flexibility index (Phi) is 4.59. The molecule has 116 valence electrons. The van der Waals surface area contributed by atoms with Crippen LogP contribution in [-0.2, 0) is 27.7 Å². The Bertz CT molecular complexity index is 595. The maximum atomic E-state index is 12.6. The van der Waals surface area contributed by atoms with E-state index in [-0.39, 0.29) is 5.92 Å². The van der Waals surface area contributed by atoms with Crippen LogP contribution in [0.3, 0.4) is 0 Å². The van der Waals surface area contributed by atoms with Gasteiger partial charge in [-0.1, -0.05) is 12.1 Å². The van der Waals surface area contributed by atoms with E-state index in [0.29, 0.717) is 18.0 Å². The van der Waals surface area contributed by atoms with E-state index in [9.17, 15) is 8.42 Å². The molecule has 0 saturated carbocycles. The van der Waals surface area contributed by atoms with Crippen LogP contribution in [0, 0.1) is 5.92 Å². The molecule has 6 heteroatoms. The average molecular weight is 310 g/mol. The van der Waals surface area contributed by atoms with Gasteiger partial charge in [0.05, 0.1) is 11.5 Å². The molecule has 1 aromatic carbocycles. The number of hydrogen-bond acceptors (Lipinski definition) is 4. The molecule has 2 heterocycles. The Morgan fingerprint density at radius 3 is 3.10 bits per heavy atom. The highest BCUT2D eigenvalue weighted by atomic mass is 32.2. The molecule has 1 unspecified atom stereocenters. The fourth-order valence-corrected chi connectivity index (χ4v) is 4.45. The van der Waals surface area contributed by atoms with Crippen LogP contribution in [0.4, 0.5) is 0 Å². The van der Waals surface area contributed by atoms with Crippen LogP contribution in [0.15, 0.2) is 23.1 Å². The molecule has 0 spiro atoms. The maximum absolute atomic E-state index is 12.6. The van der Waals surface area contributed by atoms with Crippen molar-refractivity contribution in [1.29, 1.82) is 0 Å². The molecule has 0 aromatic heterocycles. The molecule has 2 N–H and O–H groups in total. The molecule has 3 rings (SSSR count). The lowest BCUT2D eigenvalue weighted by atomic mass is 10.0. The molecule has 1 atom stereocenters. The highest BCUT2D eigenvalue weighted by molar-refractivity contribution is 7.89. The molecule has 2 aliphatic rings. The molecular weight excluding hydrogens is 288 g/mol. The second-order valence-electron chi connectivity index (χ2n) is 5.76. The minimum absolute atomic E-state index is 0.287. The summed E-state index contributed by atoms with van der Waals surface area (Å²) in [6.45, 7) is 3.48. The van der Waals surface area contributed by atoms with Crippen LogP contribution in [-0.4, -0.2) is 34.7 Å². The van der Waals surface area contributed by atoms with Gasteiger partial charge in [-0.25, -0.2) is 13.1 Å². The normalized spacial score (nSPS) is 22.8. The lowest BCUT2D eigenvalue weighted by molar-refractivity contribution is 0.0568. The third-order valence-corrected chi connectivity index (χ3v) is 5.71. The molecule has 1 aromatic rings. The van der Waals surface area contributed by atoms with Crippen molar-refractivity contribution in [2.75, 3.05) is 26.3 Å². The number of ether oxygens (including phenoxy) is 1. The Morgan fingerprint density at radius 2 is 2.29 bits per heavy atom. The molecular formula is C15H22N2O3S. The van der Waals surface area contributed by atoms with Crippen molar-refractivity contribution < 1.29 is 13.2 Å². The summed E-state index contributed by atoms with van der Waals surface area (Å²) in [5.74, 6) is 0.287. The van der Waals surface area contributed by atoms with Crippen LogP contribution >= 0.6 is 0 Å². The Balaban J connectivity index is 1.75. The van der Waals surface area contributed by atoms with Crippen molar-refractivity contribution in [2.45, 2.75) is 30.7 Å². The number of benzene rings is 1. The van der Waals surface area contributed by atoms with Crippen LogP contribution < -0.4 is 10.0 Å². The van der Waals surface area contributed by atoms with E-state index >= 15 is 0 Å². The van der Waals surface area contributed by atoms with Crippen molar-refractivity contribution in [2.24, 2.45) is 5.92 Å². The first-order chi connectivity index (χ1) is 10.2. The second kappa shape index (κ2) is 6.44.